The number of rotatable bonds is 5. The second-order valence-electron chi connectivity index (χ2n) is 5.60. The summed E-state index contributed by atoms with van der Waals surface area (Å²) >= 11 is 0. The van der Waals surface area contributed by atoms with Gasteiger partial charge in [0.15, 0.2) is 0 Å². The predicted octanol–water partition coefficient (Wildman–Crippen LogP) is 2.71. The second-order valence-corrected chi connectivity index (χ2v) is 5.60. The summed E-state index contributed by atoms with van der Waals surface area (Å²) in [6.07, 6.45) is 5.76. The summed E-state index contributed by atoms with van der Waals surface area (Å²) in [5, 5.41) is 0.580. The van der Waals surface area contributed by atoms with Crippen molar-refractivity contribution in [1.29, 1.82) is 0 Å². The molecule has 1 aromatic rings. The monoisotopic (exact) mass is 287 g/mol. The molecule has 1 aliphatic carbocycles. The summed E-state index contributed by atoms with van der Waals surface area (Å²) in [5.74, 6) is -0.924. The van der Waals surface area contributed by atoms with E-state index in [1.807, 2.05) is 0 Å². The molecule has 1 fully saturated rings. The minimum Gasteiger partial charge on any atom is -0.330 e. The zero-order valence-corrected chi connectivity index (χ0v) is 11.7. The highest BCUT2D eigenvalue weighted by molar-refractivity contribution is 6.20. The molecule has 0 N–H and O–H groups in total. The van der Waals surface area contributed by atoms with Crippen LogP contribution in [0.4, 0.5) is 0 Å². The van der Waals surface area contributed by atoms with Crippen LogP contribution in [0.25, 0.3) is 0 Å². The fourth-order valence-corrected chi connectivity index (χ4v) is 2.71. The van der Waals surface area contributed by atoms with E-state index in [9.17, 15) is 14.4 Å². The van der Waals surface area contributed by atoms with Gasteiger partial charge in [-0.15, -0.1) is 0 Å². The molecule has 3 rings (SSSR count). The number of carbonyl (C=O) groups excluding carboxylic acids is 3. The lowest BCUT2D eigenvalue weighted by Crippen LogP contribution is -2.32. The van der Waals surface area contributed by atoms with E-state index in [0.29, 0.717) is 5.06 Å². The van der Waals surface area contributed by atoms with Gasteiger partial charge >= 0.3 is 5.97 Å². The van der Waals surface area contributed by atoms with Gasteiger partial charge in [-0.3, -0.25) is 9.59 Å². The van der Waals surface area contributed by atoms with E-state index in [1.54, 1.807) is 24.3 Å². The average molecular weight is 287 g/mol. The minimum atomic E-state index is -0.567. The number of hydrogen-bond donors (Lipinski definition) is 0. The van der Waals surface area contributed by atoms with E-state index in [-0.39, 0.29) is 17.5 Å². The van der Waals surface area contributed by atoms with Gasteiger partial charge in [0.1, 0.15) is 0 Å². The first kappa shape index (κ1) is 13.8. The smallest absolute Gasteiger partial charge is 0.330 e. The molecule has 1 aliphatic heterocycles. The molecular formula is C16H17NO4. The number of benzene rings is 1. The number of hydroxylamine groups is 2. The fraction of sp³-hybridized carbons (Fsp3) is 0.438. The summed E-state index contributed by atoms with van der Waals surface area (Å²) in [6.45, 7) is 0. The number of nitrogens with zero attached hydrogens (tertiary/aromatic N) is 1. The largest absolute Gasteiger partial charge is 0.333 e. The van der Waals surface area contributed by atoms with Crippen molar-refractivity contribution >= 4 is 17.8 Å². The SMILES string of the molecule is O=C(CCCC1CCC1)ON1C(=O)c2ccccc2C1=O. The minimum absolute atomic E-state index is 0.240. The zero-order valence-electron chi connectivity index (χ0n) is 11.7. The maximum atomic E-state index is 12.0. The van der Waals surface area contributed by atoms with Crippen molar-refractivity contribution in [3.05, 3.63) is 35.4 Å². The van der Waals surface area contributed by atoms with Crippen LogP contribution in [0.15, 0.2) is 24.3 Å². The Morgan fingerprint density at radius 3 is 2.29 bits per heavy atom. The van der Waals surface area contributed by atoms with Crippen molar-refractivity contribution < 1.29 is 19.2 Å². The van der Waals surface area contributed by atoms with Crippen LogP contribution in [0.3, 0.4) is 0 Å². The maximum absolute atomic E-state index is 12.0. The van der Waals surface area contributed by atoms with Crippen LogP contribution < -0.4 is 0 Å². The molecule has 21 heavy (non-hydrogen) atoms. The summed E-state index contributed by atoms with van der Waals surface area (Å²) in [5.41, 5.74) is 0.564. The Labute approximate surface area is 122 Å². The molecule has 0 unspecified atom stereocenters. The van der Waals surface area contributed by atoms with Crippen molar-refractivity contribution in [2.75, 3.05) is 0 Å². The Bertz CT molecular complexity index is 557. The Hall–Kier alpha value is -2.17. The van der Waals surface area contributed by atoms with Crippen LogP contribution in [0.5, 0.6) is 0 Å². The summed E-state index contributed by atoms with van der Waals surface area (Å²) < 4.78 is 0. The van der Waals surface area contributed by atoms with Crippen LogP contribution in [0, 0.1) is 5.92 Å². The molecule has 5 nitrogen and oxygen atoms in total. The molecule has 5 heteroatoms. The van der Waals surface area contributed by atoms with Gasteiger partial charge < -0.3 is 4.84 Å². The van der Waals surface area contributed by atoms with Gasteiger partial charge in [-0.2, -0.15) is 0 Å². The molecule has 0 radical (unpaired) electrons. The first-order chi connectivity index (χ1) is 10.2. The highest BCUT2D eigenvalue weighted by Gasteiger charge is 2.38. The van der Waals surface area contributed by atoms with Gasteiger partial charge in [0, 0.05) is 6.42 Å². The number of imide groups is 1. The number of fused-ring (bicyclic) bond motifs is 1. The molecule has 0 aromatic heterocycles. The summed E-state index contributed by atoms with van der Waals surface area (Å²) in [4.78, 5) is 40.7. The molecule has 1 aromatic carbocycles. The van der Waals surface area contributed by atoms with Crippen molar-refractivity contribution in [2.45, 2.75) is 38.5 Å². The van der Waals surface area contributed by atoms with E-state index in [4.69, 9.17) is 4.84 Å². The Morgan fingerprint density at radius 2 is 1.76 bits per heavy atom. The van der Waals surface area contributed by atoms with E-state index >= 15 is 0 Å². The quantitative estimate of drug-likeness (QED) is 0.781. The van der Waals surface area contributed by atoms with Crippen molar-refractivity contribution in [3.8, 4) is 0 Å². The molecule has 0 bridgehead atoms. The van der Waals surface area contributed by atoms with E-state index in [0.717, 1.165) is 18.8 Å². The summed E-state index contributed by atoms with van der Waals surface area (Å²) in [6, 6.07) is 6.46. The Balaban J connectivity index is 1.54. The highest BCUT2D eigenvalue weighted by atomic mass is 16.7. The Kier molecular flexibility index (Phi) is 3.73. The van der Waals surface area contributed by atoms with Crippen LogP contribution in [-0.4, -0.2) is 22.8 Å². The number of hydrogen-bond acceptors (Lipinski definition) is 4. The molecule has 0 atom stereocenters. The van der Waals surface area contributed by atoms with E-state index < -0.39 is 17.8 Å². The molecular weight excluding hydrogens is 270 g/mol. The molecule has 0 saturated heterocycles. The Morgan fingerprint density at radius 1 is 1.14 bits per heavy atom. The lowest BCUT2D eigenvalue weighted by atomic mass is 9.82. The van der Waals surface area contributed by atoms with Crippen molar-refractivity contribution in [1.82, 2.24) is 5.06 Å². The standard InChI is InChI=1S/C16H17NO4/c18-14(10-4-7-11-5-3-6-11)21-17-15(19)12-8-1-2-9-13(12)16(17)20/h1-2,8-9,11H,3-7,10H2. The van der Waals surface area contributed by atoms with Gasteiger partial charge in [0.25, 0.3) is 11.8 Å². The lowest BCUT2D eigenvalue weighted by molar-refractivity contribution is -0.168. The molecule has 110 valence electrons. The maximum Gasteiger partial charge on any atom is 0.333 e. The number of carbonyl (C=O) groups is 3. The molecule has 0 spiro atoms. The van der Waals surface area contributed by atoms with Gasteiger partial charge in [0.2, 0.25) is 0 Å². The molecule has 2 amide bonds. The van der Waals surface area contributed by atoms with Crippen LogP contribution in [0.2, 0.25) is 0 Å². The third-order valence-corrected chi connectivity index (χ3v) is 4.17. The second kappa shape index (κ2) is 5.68. The zero-order chi connectivity index (χ0) is 14.8. The van der Waals surface area contributed by atoms with Crippen molar-refractivity contribution in [2.24, 2.45) is 5.92 Å². The first-order valence-corrected chi connectivity index (χ1v) is 7.35. The third-order valence-electron chi connectivity index (χ3n) is 4.17. The van der Waals surface area contributed by atoms with Crippen molar-refractivity contribution in [3.63, 3.8) is 0 Å². The van der Waals surface area contributed by atoms with Crippen LogP contribution in [0.1, 0.15) is 59.2 Å². The normalized spacial score (nSPS) is 17.6. The fourth-order valence-electron chi connectivity index (χ4n) is 2.71. The lowest BCUT2D eigenvalue weighted by Gasteiger charge is -2.24. The molecule has 2 aliphatic rings. The van der Waals surface area contributed by atoms with E-state index in [2.05, 4.69) is 0 Å². The van der Waals surface area contributed by atoms with Gasteiger partial charge in [0.05, 0.1) is 11.1 Å². The van der Waals surface area contributed by atoms with Gasteiger partial charge in [-0.1, -0.05) is 36.5 Å². The van der Waals surface area contributed by atoms with E-state index in [1.165, 1.54) is 19.3 Å². The van der Waals surface area contributed by atoms with Gasteiger partial charge in [-0.25, -0.2) is 4.79 Å². The molecule has 1 saturated carbocycles. The van der Waals surface area contributed by atoms with Crippen LogP contribution >= 0.6 is 0 Å². The third kappa shape index (κ3) is 2.68. The van der Waals surface area contributed by atoms with Gasteiger partial charge in [-0.05, 0) is 30.9 Å². The number of amides is 2. The first-order valence-electron chi connectivity index (χ1n) is 7.35. The molecule has 1 heterocycles. The highest BCUT2D eigenvalue weighted by Crippen LogP contribution is 2.31. The topological polar surface area (TPSA) is 63.7 Å². The average Bonchev–Trinajstić information content (AvgIpc) is 2.67. The van der Waals surface area contributed by atoms with Crippen LogP contribution in [-0.2, 0) is 9.63 Å². The summed E-state index contributed by atoms with van der Waals surface area (Å²) in [7, 11) is 0. The predicted molar refractivity (Wildman–Crippen MR) is 74.2 cm³/mol.